The highest BCUT2D eigenvalue weighted by Gasteiger charge is 2.33. The highest BCUT2D eigenvalue weighted by atomic mass is 16.1. The van der Waals surface area contributed by atoms with Crippen LogP contribution in [0.1, 0.15) is 13.3 Å². The zero-order valence-electron chi connectivity index (χ0n) is 7.00. The Morgan fingerprint density at radius 2 is 2.42 bits per heavy atom. The molecular weight excluding hydrogens is 148 g/mol. The first-order valence-corrected chi connectivity index (χ1v) is 4.20. The summed E-state index contributed by atoms with van der Waals surface area (Å²) in [4.78, 5) is 11.4. The molecule has 12 heavy (non-hydrogen) atoms. The number of ketones is 1. The molecule has 1 fully saturated rings. The summed E-state index contributed by atoms with van der Waals surface area (Å²) in [7, 11) is 0. The van der Waals surface area contributed by atoms with Gasteiger partial charge in [0.15, 0.2) is 5.78 Å². The topological polar surface area (TPSA) is 17.1 Å². The molecule has 0 heterocycles. The van der Waals surface area contributed by atoms with Crippen LogP contribution in [-0.4, -0.2) is 5.78 Å². The van der Waals surface area contributed by atoms with Gasteiger partial charge in [-0.15, -0.1) is 0 Å². The zero-order valence-corrected chi connectivity index (χ0v) is 7.00. The highest BCUT2D eigenvalue weighted by molar-refractivity contribution is 5.99. The van der Waals surface area contributed by atoms with Crippen LogP contribution >= 0.6 is 0 Å². The number of hydrogen-bond donors (Lipinski definition) is 0. The summed E-state index contributed by atoms with van der Waals surface area (Å²) < 4.78 is 0. The normalized spacial score (nSPS) is 31.8. The second kappa shape index (κ2) is 2.64. The minimum atomic E-state index is 0.187. The van der Waals surface area contributed by atoms with Crippen LogP contribution in [-0.2, 0) is 4.79 Å². The smallest absolute Gasteiger partial charge is 0.160 e. The van der Waals surface area contributed by atoms with E-state index in [1.165, 1.54) is 0 Å². The van der Waals surface area contributed by atoms with E-state index in [9.17, 15) is 4.79 Å². The van der Waals surface area contributed by atoms with Gasteiger partial charge in [0.1, 0.15) is 0 Å². The van der Waals surface area contributed by atoms with Crippen molar-refractivity contribution in [1.29, 1.82) is 0 Å². The SMILES string of the molecule is CC1CC(=O)C2=CC=CC#CC21. The summed E-state index contributed by atoms with van der Waals surface area (Å²) in [6, 6.07) is 0. The minimum absolute atomic E-state index is 0.187. The molecule has 60 valence electrons. The van der Waals surface area contributed by atoms with Crippen molar-refractivity contribution in [2.75, 3.05) is 0 Å². The zero-order chi connectivity index (χ0) is 8.55. The van der Waals surface area contributed by atoms with Crippen LogP contribution in [0, 0.1) is 23.7 Å². The van der Waals surface area contributed by atoms with Gasteiger partial charge in [-0.25, -0.2) is 0 Å². The van der Waals surface area contributed by atoms with Crippen molar-refractivity contribution < 1.29 is 4.79 Å². The maximum Gasteiger partial charge on any atom is 0.160 e. The van der Waals surface area contributed by atoms with Crippen LogP contribution in [0.3, 0.4) is 0 Å². The second-order valence-electron chi connectivity index (χ2n) is 3.35. The van der Waals surface area contributed by atoms with Gasteiger partial charge in [0, 0.05) is 12.0 Å². The van der Waals surface area contributed by atoms with E-state index in [-0.39, 0.29) is 11.7 Å². The molecular formula is C11H10O. The maximum absolute atomic E-state index is 11.4. The van der Waals surface area contributed by atoms with Crippen LogP contribution in [0.15, 0.2) is 23.8 Å². The molecule has 1 heteroatoms. The monoisotopic (exact) mass is 158 g/mol. The summed E-state index contributed by atoms with van der Waals surface area (Å²) in [5.41, 5.74) is 0.906. The number of allylic oxidation sites excluding steroid dienone is 4. The third-order valence-electron chi connectivity index (χ3n) is 2.43. The number of carbonyl (C=O) groups excluding carboxylic acids is 1. The van der Waals surface area contributed by atoms with E-state index < -0.39 is 0 Å². The van der Waals surface area contributed by atoms with Gasteiger partial charge in [0.2, 0.25) is 0 Å². The Balaban J connectivity index is 2.44. The van der Waals surface area contributed by atoms with E-state index in [1.54, 1.807) is 6.08 Å². The largest absolute Gasteiger partial charge is 0.294 e. The quantitative estimate of drug-likeness (QED) is 0.490. The lowest BCUT2D eigenvalue weighted by atomic mass is 9.96. The maximum atomic E-state index is 11.4. The molecule has 2 unspecified atom stereocenters. The Kier molecular flexibility index (Phi) is 1.62. The van der Waals surface area contributed by atoms with Crippen molar-refractivity contribution in [2.24, 2.45) is 11.8 Å². The van der Waals surface area contributed by atoms with Crippen LogP contribution < -0.4 is 0 Å². The third-order valence-corrected chi connectivity index (χ3v) is 2.43. The van der Waals surface area contributed by atoms with Crippen LogP contribution in [0.25, 0.3) is 0 Å². The predicted octanol–water partition coefficient (Wildman–Crippen LogP) is 1.71. The number of rotatable bonds is 0. The average Bonchev–Trinajstić information content (AvgIpc) is 2.29. The minimum Gasteiger partial charge on any atom is -0.294 e. The Bertz CT molecular complexity index is 336. The molecule has 0 aromatic rings. The Hall–Kier alpha value is -1.29. The van der Waals surface area contributed by atoms with E-state index in [2.05, 4.69) is 18.8 Å². The number of fused-ring (bicyclic) bond motifs is 1. The van der Waals surface area contributed by atoms with Crippen LogP contribution in [0.5, 0.6) is 0 Å². The Labute approximate surface area is 72.2 Å². The predicted molar refractivity (Wildman–Crippen MR) is 47.3 cm³/mol. The Morgan fingerprint density at radius 3 is 3.25 bits per heavy atom. The lowest BCUT2D eigenvalue weighted by molar-refractivity contribution is -0.114. The van der Waals surface area contributed by atoms with Gasteiger partial charge in [0.05, 0.1) is 5.92 Å². The molecule has 0 aromatic heterocycles. The van der Waals surface area contributed by atoms with E-state index in [1.807, 2.05) is 12.2 Å². The van der Waals surface area contributed by atoms with E-state index in [0.29, 0.717) is 12.3 Å². The first kappa shape index (κ1) is 7.36. The van der Waals surface area contributed by atoms with Crippen molar-refractivity contribution in [3.8, 4) is 11.8 Å². The molecule has 0 aromatic carbocycles. The molecule has 0 bridgehead atoms. The van der Waals surface area contributed by atoms with Gasteiger partial charge in [-0.1, -0.05) is 30.9 Å². The number of Topliss-reactive ketones (excluding diaryl/α,β-unsaturated/α-hetero) is 1. The molecule has 2 aliphatic carbocycles. The van der Waals surface area contributed by atoms with Gasteiger partial charge in [-0.2, -0.15) is 0 Å². The fourth-order valence-electron chi connectivity index (χ4n) is 1.76. The highest BCUT2D eigenvalue weighted by Crippen LogP contribution is 2.33. The molecule has 1 nitrogen and oxygen atoms in total. The summed E-state index contributed by atoms with van der Waals surface area (Å²) >= 11 is 0. The van der Waals surface area contributed by atoms with Crippen LogP contribution in [0.4, 0.5) is 0 Å². The van der Waals surface area contributed by atoms with Crippen LogP contribution in [0.2, 0.25) is 0 Å². The molecule has 1 saturated carbocycles. The van der Waals surface area contributed by atoms with Crippen molar-refractivity contribution in [2.45, 2.75) is 13.3 Å². The van der Waals surface area contributed by atoms with Crippen molar-refractivity contribution in [1.82, 2.24) is 0 Å². The number of carbonyl (C=O) groups is 1. The van der Waals surface area contributed by atoms with Gasteiger partial charge < -0.3 is 0 Å². The first-order chi connectivity index (χ1) is 5.79. The van der Waals surface area contributed by atoms with Crippen molar-refractivity contribution in [3.05, 3.63) is 23.8 Å². The molecule has 2 rings (SSSR count). The molecule has 0 amide bonds. The average molecular weight is 158 g/mol. The molecule has 0 spiro atoms. The lowest BCUT2D eigenvalue weighted by Gasteiger charge is -2.05. The van der Waals surface area contributed by atoms with Gasteiger partial charge in [-0.3, -0.25) is 4.79 Å². The van der Waals surface area contributed by atoms with Gasteiger partial charge >= 0.3 is 0 Å². The molecule has 0 radical (unpaired) electrons. The fourth-order valence-corrected chi connectivity index (χ4v) is 1.76. The summed E-state index contributed by atoms with van der Waals surface area (Å²) in [5.74, 6) is 6.89. The van der Waals surface area contributed by atoms with Gasteiger partial charge in [-0.05, 0) is 12.0 Å². The summed E-state index contributed by atoms with van der Waals surface area (Å²) in [6.07, 6.45) is 6.21. The molecule has 0 N–H and O–H groups in total. The van der Waals surface area contributed by atoms with E-state index in [4.69, 9.17) is 0 Å². The lowest BCUT2D eigenvalue weighted by Crippen LogP contribution is -2.02. The van der Waals surface area contributed by atoms with Crippen molar-refractivity contribution >= 4 is 5.78 Å². The second-order valence-corrected chi connectivity index (χ2v) is 3.35. The molecule has 2 atom stereocenters. The van der Waals surface area contributed by atoms with E-state index in [0.717, 1.165) is 5.57 Å². The van der Waals surface area contributed by atoms with E-state index >= 15 is 0 Å². The van der Waals surface area contributed by atoms with Crippen molar-refractivity contribution in [3.63, 3.8) is 0 Å². The fraction of sp³-hybridized carbons (Fsp3) is 0.364. The summed E-state index contributed by atoms with van der Waals surface area (Å²) in [6.45, 7) is 2.09. The van der Waals surface area contributed by atoms with Gasteiger partial charge in [0.25, 0.3) is 0 Å². The first-order valence-electron chi connectivity index (χ1n) is 4.20. The standard InChI is InChI=1S/C11H10O/c1-8-7-11(12)10-6-4-2-3-5-9(8)10/h2,4,6,8-9H,7H2,1H3. The summed E-state index contributed by atoms with van der Waals surface area (Å²) in [5, 5.41) is 0. The number of hydrogen-bond acceptors (Lipinski definition) is 1. The molecule has 2 aliphatic rings. The molecule has 0 saturated heterocycles. The Morgan fingerprint density at radius 1 is 1.58 bits per heavy atom. The molecule has 0 aliphatic heterocycles. The third kappa shape index (κ3) is 1.00.